The lowest BCUT2D eigenvalue weighted by molar-refractivity contribution is 0.486. The van der Waals surface area contributed by atoms with Gasteiger partial charge in [-0.3, -0.25) is 0 Å². The minimum atomic E-state index is 0.288. The maximum atomic E-state index is 9.24. The molecule has 1 fully saturated rings. The largest absolute Gasteiger partial charge is 0.359 e. The molecule has 114 valence electrons. The summed E-state index contributed by atoms with van der Waals surface area (Å²) in [6.07, 6.45) is 3.81. The molecule has 6 nitrogen and oxygen atoms in total. The number of aromatic nitrogens is 3. The zero-order valence-electron chi connectivity index (χ0n) is 12.1. The second kappa shape index (κ2) is 6.46. The number of nitrogens with zero attached hydrogens (tertiary/aromatic N) is 6. The third kappa shape index (κ3) is 2.85. The average molecular weight is 335 g/mol. The number of hydrogen-bond donors (Lipinski definition) is 0. The summed E-state index contributed by atoms with van der Waals surface area (Å²) in [5.74, 6) is 0.892. The average Bonchev–Trinajstić information content (AvgIpc) is 2.95. The molecule has 1 atom stereocenters. The molecule has 3 rings (SSSR count). The van der Waals surface area contributed by atoms with E-state index in [9.17, 15) is 5.26 Å². The Bertz CT molecular complexity index is 682. The van der Waals surface area contributed by atoms with Crippen LogP contribution in [0.1, 0.15) is 18.4 Å². The summed E-state index contributed by atoms with van der Waals surface area (Å²) in [6.45, 7) is 1.81. The van der Waals surface area contributed by atoms with E-state index in [-0.39, 0.29) is 5.15 Å². The maximum Gasteiger partial charge on any atom is 0.162 e. The lowest BCUT2D eigenvalue weighted by Gasteiger charge is -2.38. The summed E-state index contributed by atoms with van der Waals surface area (Å²) in [5.41, 5.74) is 0.464. The smallest absolute Gasteiger partial charge is 0.162 e. The molecule has 1 aliphatic heterocycles. The number of nitriles is 1. The second-order valence-electron chi connectivity index (χ2n) is 5.20. The molecule has 0 aliphatic carbocycles. The number of halogens is 1. The second-order valence-corrected chi connectivity index (χ2v) is 6.31. The lowest BCUT2D eigenvalue weighted by Crippen LogP contribution is -2.47. The van der Waals surface area contributed by atoms with Crippen LogP contribution in [0.15, 0.2) is 18.3 Å². The summed E-state index contributed by atoms with van der Waals surface area (Å²) in [6, 6.07) is 6.30. The minimum Gasteiger partial charge on any atom is -0.359 e. The Kier molecular flexibility index (Phi) is 4.41. The van der Waals surface area contributed by atoms with Crippen molar-refractivity contribution in [3.05, 3.63) is 29.0 Å². The van der Waals surface area contributed by atoms with Gasteiger partial charge >= 0.3 is 0 Å². The van der Waals surface area contributed by atoms with Crippen molar-refractivity contribution in [1.29, 1.82) is 5.26 Å². The van der Waals surface area contributed by atoms with Gasteiger partial charge in [0.1, 0.15) is 16.6 Å². The normalized spacial score (nSPS) is 18.0. The van der Waals surface area contributed by atoms with E-state index in [1.54, 1.807) is 6.20 Å². The molecule has 0 N–H and O–H groups in total. The van der Waals surface area contributed by atoms with Crippen LogP contribution in [0.5, 0.6) is 0 Å². The third-order valence-corrected chi connectivity index (χ3v) is 5.20. The highest BCUT2D eigenvalue weighted by Crippen LogP contribution is 2.33. The summed E-state index contributed by atoms with van der Waals surface area (Å²) in [7, 11) is 2.00. The molecule has 22 heavy (non-hydrogen) atoms. The Morgan fingerprint density at radius 1 is 1.55 bits per heavy atom. The van der Waals surface area contributed by atoms with E-state index in [0.717, 1.165) is 36.8 Å². The van der Waals surface area contributed by atoms with Gasteiger partial charge < -0.3 is 9.80 Å². The van der Waals surface area contributed by atoms with Gasteiger partial charge in [0.25, 0.3) is 0 Å². The molecule has 3 heterocycles. The fraction of sp³-hybridized carbons (Fsp3) is 0.429. The number of hydrogen-bond acceptors (Lipinski definition) is 7. The van der Waals surface area contributed by atoms with Crippen LogP contribution in [0.3, 0.4) is 0 Å². The number of anilines is 2. The van der Waals surface area contributed by atoms with E-state index in [1.807, 2.05) is 19.2 Å². The van der Waals surface area contributed by atoms with Gasteiger partial charge in [-0.25, -0.2) is 0 Å². The van der Waals surface area contributed by atoms with Gasteiger partial charge in [-0.15, -0.1) is 5.10 Å². The summed E-state index contributed by atoms with van der Waals surface area (Å²) < 4.78 is 4.09. The van der Waals surface area contributed by atoms with Crippen molar-refractivity contribution in [2.24, 2.45) is 0 Å². The summed E-state index contributed by atoms with van der Waals surface area (Å²) in [5, 5.41) is 18.5. The fourth-order valence-corrected chi connectivity index (χ4v) is 3.77. The van der Waals surface area contributed by atoms with Crippen LogP contribution >= 0.6 is 23.1 Å². The van der Waals surface area contributed by atoms with Gasteiger partial charge in [0.2, 0.25) is 0 Å². The molecule has 2 aromatic heterocycles. The van der Waals surface area contributed by atoms with Gasteiger partial charge in [-0.1, -0.05) is 11.6 Å². The topological polar surface area (TPSA) is 68.9 Å². The van der Waals surface area contributed by atoms with Gasteiger partial charge in [-0.2, -0.15) is 14.7 Å². The monoisotopic (exact) mass is 334 g/mol. The van der Waals surface area contributed by atoms with Gasteiger partial charge in [0, 0.05) is 32.4 Å². The highest BCUT2D eigenvalue weighted by molar-refractivity contribution is 7.10. The zero-order valence-corrected chi connectivity index (χ0v) is 13.7. The molecule has 1 saturated heterocycles. The Balaban J connectivity index is 1.78. The molecule has 0 saturated carbocycles. The molecule has 0 radical (unpaired) electrons. The van der Waals surface area contributed by atoms with Crippen LogP contribution in [0, 0.1) is 11.3 Å². The SMILES string of the molecule is CN(c1snc(Cl)c1C#N)C1CCCN(c2cccnn2)C1. The van der Waals surface area contributed by atoms with E-state index < -0.39 is 0 Å². The van der Waals surface area contributed by atoms with Crippen molar-refractivity contribution in [2.45, 2.75) is 18.9 Å². The van der Waals surface area contributed by atoms with Crippen LogP contribution in [0.2, 0.25) is 5.15 Å². The van der Waals surface area contributed by atoms with Crippen LogP contribution in [-0.4, -0.2) is 40.7 Å². The lowest BCUT2D eigenvalue weighted by atomic mass is 10.0. The standard InChI is InChI=1S/C14H15ClN6S/c1-20(14-11(8-16)13(15)19-22-14)10-4-3-7-21(9-10)12-5-2-6-17-18-12/h2,5-6,10H,3-4,7,9H2,1H3. The maximum absolute atomic E-state index is 9.24. The van der Waals surface area contributed by atoms with Gasteiger partial charge in [-0.05, 0) is 36.5 Å². The van der Waals surface area contributed by atoms with Crippen molar-refractivity contribution in [3.63, 3.8) is 0 Å². The van der Waals surface area contributed by atoms with Gasteiger partial charge in [0.15, 0.2) is 11.0 Å². The first-order valence-electron chi connectivity index (χ1n) is 7.01. The van der Waals surface area contributed by atoms with Gasteiger partial charge in [0.05, 0.1) is 0 Å². The quantitative estimate of drug-likeness (QED) is 0.859. The van der Waals surface area contributed by atoms with E-state index >= 15 is 0 Å². The Hall–Kier alpha value is -1.91. The highest BCUT2D eigenvalue weighted by Gasteiger charge is 2.27. The minimum absolute atomic E-state index is 0.288. The number of rotatable bonds is 3. The first kappa shape index (κ1) is 15.0. The summed E-state index contributed by atoms with van der Waals surface area (Å²) >= 11 is 7.25. The van der Waals surface area contributed by atoms with Crippen molar-refractivity contribution in [1.82, 2.24) is 14.6 Å². The molecule has 0 bridgehead atoms. The highest BCUT2D eigenvalue weighted by atomic mass is 35.5. The fourth-order valence-electron chi connectivity index (χ4n) is 2.70. The molecule has 0 amide bonds. The molecule has 1 unspecified atom stereocenters. The van der Waals surface area contributed by atoms with Crippen LogP contribution < -0.4 is 9.80 Å². The Morgan fingerprint density at radius 3 is 3.14 bits per heavy atom. The van der Waals surface area contributed by atoms with Crippen molar-refractivity contribution < 1.29 is 0 Å². The number of likely N-dealkylation sites (N-methyl/N-ethyl adjacent to an activating group) is 1. The molecule has 0 aromatic carbocycles. The third-order valence-electron chi connectivity index (χ3n) is 3.89. The first-order chi connectivity index (χ1) is 10.7. The van der Waals surface area contributed by atoms with Crippen molar-refractivity contribution in [2.75, 3.05) is 29.9 Å². The molecular weight excluding hydrogens is 320 g/mol. The molecule has 8 heteroatoms. The molecule has 2 aromatic rings. The van der Waals surface area contributed by atoms with Crippen LogP contribution in [0.25, 0.3) is 0 Å². The van der Waals surface area contributed by atoms with E-state index in [0.29, 0.717) is 11.6 Å². The zero-order chi connectivity index (χ0) is 15.5. The first-order valence-corrected chi connectivity index (χ1v) is 8.16. The number of piperidine rings is 1. The van der Waals surface area contributed by atoms with Crippen molar-refractivity contribution in [3.8, 4) is 6.07 Å². The predicted molar refractivity (Wildman–Crippen MR) is 87.5 cm³/mol. The van der Waals surface area contributed by atoms with Crippen molar-refractivity contribution >= 4 is 34.0 Å². The predicted octanol–water partition coefficient (Wildman–Crippen LogP) is 2.56. The Labute approximate surface area is 138 Å². The Morgan fingerprint density at radius 2 is 2.41 bits per heavy atom. The van der Waals surface area contributed by atoms with E-state index in [1.165, 1.54) is 11.5 Å². The molecule has 1 aliphatic rings. The molecular formula is C14H15ClN6S. The molecule has 0 spiro atoms. The summed E-state index contributed by atoms with van der Waals surface area (Å²) in [4.78, 5) is 4.34. The van der Waals surface area contributed by atoms with E-state index in [4.69, 9.17) is 11.6 Å². The van der Waals surface area contributed by atoms with Crippen LogP contribution in [-0.2, 0) is 0 Å². The van der Waals surface area contributed by atoms with E-state index in [2.05, 4.69) is 30.4 Å². The van der Waals surface area contributed by atoms with Crippen LogP contribution in [0.4, 0.5) is 10.8 Å².